The van der Waals surface area contributed by atoms with Gasteiger partial charge in [-0.15, -0.1) is 22.7 Å². The summed E-state index contributed by atoms with van der Waals surface area (Å²) >= 11 is 2.84. The van der Waals surface area contributed by atoms with Crippen LogP contribution in [0.25, 0.3) is 20.4 Å². The molecule has 298 valence electrons. The lowest BCUT2D eigenvalue weighted by Crippen LogP contribution is -2.51. The molecule has 2 N–H and O–H groups in total. The first-order chi connectivity index (χ1) is 28.3. The zero-order chi connectivity index (χ0) is 41.6. The number of amides is 4. The standard InChI is InChI=1S/C42H31F4N7O4S2/c1-52(30-3-5-36-33(15-30)48-20-58-36)40(56)35(9-22-7-26(43)13-27(44)8-22)50-38(54)24-10-25(19-47-18-24)39(55)51-42(17-32(42)23-11-28(45)14-29(46)12-23)41(57)53(2)31-4-6-37-34(16-31)49-21-59-37/h3-8,10-16,18-21,32,35H,9,17H2,1-2H3,(H,50,54)(H,51,55)/t32?,35-,42+/m0/s1. The van der Waals surface area contributed by atoms with Crippen LogP contribution in [0.3, 0.4) is 0 Å². The van der Waals surface area contributed by atoms with Crippen molar-refractivity contribution in [3.05, 3.63) is 148 Å². The van der Waals surface area contributed by atoms with Gasteiger partial charge in [0.1, 0.15) is 34.8 Å². The minimum atomic E-state index is -1.65. The molecular weight excluding hydrogens is 807 g/mol. The van der Waals surface area contributed by atoms with Crippen LogP contribution in [-0.4, -0.2) is 64.3 Å². The number of carbonyl (C=O) groups is 4. The van der Waals surface area contributed by atoms with E-state index in [-0.39, 0.29) is 35.1 Å². The van der Waals surface area contributed by atoms with Crippen molar-refractivity contribution >= 4 is 78.1 Å². The Morgan fingerprint density at radius 3 is 1.86 bits per heavy atom. The number of carbonyl (C=O) groups excluding carboxylic acids is 4. The molecule has 0 saturated heterocycles. The fraction of sp³-hybridized carbons (Fsp3) is 0.167. The highest BCUT2D eigenvalue weighted by Crippen LogP contribution is 2.53. The Balaban J connectivity index is 1.06. The predicted molar refractivity (Wildman–Crippen MR) is 216 cm³/mol. The molecular formula is C42H31F4N7O4S2. The van der Waals surface area contributed by atoms with E-state index in [9.17, 15) is 36.7 Å². The number of pyridine rings is 1. The normalized spacial score (nSPS) is 16.4. The number of nitrogens with one attached hydrogen (secondary N) is 2. The Morgan fingerprint density at radius 2 is 1.27 bits per heavy atom. The highest BCUT2D eigenvalue weighted by Gasteiger charge is 2.63. The highest BCUT2D eigenvalue weighted by molar-refractivity contribution is 7.17. The highest BCUT2D eigenvalue weighted by atomic mass is 32.1. The lowest BCUT2D eigenvalue weighted by molar-refractivity contribution is -0.121. The van der Waals surface area contributed by atoms with Gasteiger partial charge in [0.05, 0.1) is 42.6 Å². The maximum absolute atomic E-state index is 14.4. The van der Waals surface area contributed by atoms with Crippen LogP contribution in [0.4, 0.5) is 28.9 Å². The number of likely N-dealkylation sites (N-methyl/N-ethyl adjacent to an activating group) is 2. The van der Waals surface area contributed by atoms with Gasteiger partial charge in [-0.3, -0.25) is 24.2 Å². The first kappa shape index (κ1) is 39.2. The van der Waals surface area contributed by atoms with Crippen molar-refractivity contribution in [2.75, 3.05) is 23.9 Å². The second-order valence-corrected chi connectivity index (χ2v) is 15.9. The van der Waals surface area contributed by atoms with E-state index in [1.54, 1.807) is 47.4 Å². The van der Waals surface area contributed by atoms with Crippen molar-refractivity contribution in [3.63, 3.8) is 0 Å². The van der Waals surface area contributed by atoms with Crippen molar-refractivity contribution in [1.29, 1.82) is 0 Å². The Kier molecular flexibility index (Phi) is 10.4. The number of fused-ring (bicyclic) bond motifs is 2. The number of hydrogen-bond donors (Lipinski definition) is 2. The van der Waals surface area contributed by atoms with Gasteiger partial charge in [-0.1, -0.05) is 0 Å². The first-order valence-electron chi connectivity index (χ1n) is 18.0. The van der Waals surface area contributed by atoms with E-state index < -0.39 is 64.4 Å². The molecule has 8 rings (SSSR count). The molecule has 3 atom stereocenters. The van der Waals surface area contributed by atoms with Gasteiger partial charge in [-0.05, 0) is 84.3 Å². The van der Waals surface area contributed by atoms with Gasteiger partial charge in [0.25, 0.3) is 17.7 Å². The summed E-state index contributed by atoms with van der Waals surface area (Å²) in [5, 5.41) is 5.40. The summed E-state index contributed by atoms with van der Waals surface area (Å²) < 4.78 is 59.1. The van der Waals surface area contributed by atoms with Crippen LogP contribution in [0, 0.1) is 23.3 Å². The number of benzene rings is 4. The minimum absolute atomic E-state index is 0.00471. The van der Waals surface area contributed by atoms with Gasteiger partial charge in [-0.25, -0.2) is 27.5 Å². The van der Waals surface area contributed by atoms with Crippen LogP contribution >= 0.6 is 22.7 Å². The Hall–Kier alpha value is -6.59. The van der Waals surface area contributed by atoms with E-state index in [4.69, 9.17) is 0 Å². The van der Waals surface area contributed by atoms with E-state index >= 15 is 0 Å². The fourth-order valence-corrected chi connectivity index (χ4v) is 8.44. The summed E-state index contributed by atoms with van der Waals surface area (Å²) in [5.74, 6) is -7.10. The van der Waals surface area contributed by atoms with Gasteiger partial charge in [0.2, 0.25) is 5.91 Å². The molecule has 17 heteroatoms. The number of aromatic nitrogens is 3. The average Bonchev–Trinajstić information content (AvgIpc) is 3.48. The summed E-state index contributed by atoms with van der Waals surface area (Å²) in [6, 6.07) is 16.0. The van der Waals surface area contributed by atoms with Crippen molar-refractivity contribution in [3.8, 4) is 0 Å². The van der Waals surface area contributed by atoms with Crippen LogP contribution in [0.5, 0.6) is 0 Å². The molecule has 1 fully saturated rings. The van der Waals surface area contributed by atoms with Crippen LogP contribution in [-0.2, 0) is 16.0 Å². The second kappa shape index (κ2) is 15.6. The number of anilines is 2. The van der Waals surface area contributed by atoms with Gasteiger partial charge in [0.15, 0.2) is 0 Å². The van der Waals surface area contributed by atoms with E-state index in [2.05, 4.69) is 25.6 Å². The van der Waals surface area contributed by atoms with Crippen molar-refractivity contribution < 1.29 is 36.7 Å². The largest absolute Gasteiger partial charge is 0.340 e. The molecule has 4 aromatic carbocycles. The number of hydrogen-bond acceptors (Lipinski definition) is 9. The zero-order valence-corrected chi connectivity index (χ0v) is 32.7. The lowest BCUT2D eigenvalue weighted by atomic mass is 10.0. The topological polar surface area (TPSA) is 137 Å². The molecule has 3 heterocycles. The first-order valence-corrected chi connectivity index (χ1v) is 19.8. The monoisotopic (exact) mass is 837 g/mol. The zero-order valence-electron chi connectivity index (χ0n) is 31.1. The molecule has 11 nitrogen and oxygen atoms in total. The van der Waals surface area contributed by atoms with E-state index in [0.29, 0.717) is 34.5 Å². The summed E-state index contributed by atoms with van der Waals surface area (Å²) in [5.41, 5.74) is 3.87. The number of thiazole rings is 2. The molecule has 0 radical (unpaired) electrons. The molecule has 59 heavy (non-hydrogen) atoms. The molecule has 3 aromatic heterocycles. The third-order valence-corrected chi connectivity index (χ3v) is 11.9. The molecule has 1 aliphatic carbocycles. The lowest BCUT2D eigenvalue weighted by Gasteiger charge is -2.26. The van der Waals surface area contributed by atoms with E-state index in [1.165, 1.54) is 58.8 Å². The molecule has 0 aliphatic heterocycles. The Bertz CT molecular complexity index is 2780. The minimum Gasteiger partial charge on any atom is -0.340 e. The molecule has 1 saturated carbocycles. The van der Waals surface area contributed by atoms with Crippen LogP contribution in [0.15, 0.2) is 102 Å². The van der Waals surface area contributed by atoms with E-state index in [1.807, 2.05) is 0 Å². The summed E-state index contributed by atoms with van der Waals surface area (Å²) in [7, 11) is 3.01. The maximum atomic E-state index is 14.4. The summed E-state index contributed by atoms with van der Waals surface area (Å²) in [4.78, 5) is 71.5. The van der Waals surface area contributed by atoms with Gasteiger partial charge in [-0.2, -0.15) is 0 Å². The van der Waals surface area contributed by atoms with Crippen LogP contribution < -0.4 is 20.4 Å². The number of nitrogens with zero attached hydrogens (tertiary/aromatic N) is 5. The molecule has 1 unspecified atom stereocenters. The van der Waals surface area contributed by atoms with Crippen LogP contribution in [0.2, 0.25) is 0 Å². The van der Waals surface area contributed by atoms with Crippen molar-refractivity contribution in [2.45, 2.75) is 30.3 Å². The SMILES string of the molecule is CN(C(=O)[C@H](Cc1cc(F)cc(F)c1)NC(=O)c1cncc(C(=O)N[C@]2(C(=O)N(C)c3ccc4scnc4c3)CC2c2cc(F)cc(F)c2)c1)c1ccc2scnc2c1. The quantitative estimate of drug-likeness (QED) is 0.132. The smallest absolute Gasteiger partial charge is 0.253 e. The number of rotatable bonds is 11. The molecule has 0 spiro atoms. The Morgan fingerprint density at radius 1 is 0.729 bits per heavy atom. The second-order valence-electron chi connectivity index (χ2n) is 14.1. The average molecular weight is 838 g/mol. The van der Waals surface area contributed by atoms with E-state index in [0.717, 1.165) is 39.9 Å². The fourth-order valence-electron chi connectivity index (χ4n) is 7.13. The van der Waals surface area contributed by atoms with Crippen LogP contribution in [0.1, 0.15) is 44.2 Å². The third kappa shape index (κ3) is 7.98. The molecule has 7 aromatic rings. The summed E-state index contributed by atoms with van der Waals surface area (Å²) in [6.07, 6.45) is 2.04. The van der Waals surface area contributed by atoms with Gasteiger partial charge < -0.3 is 20.4 Å². The summed E-state index contributed by atoms with van der Waals surface area (Å²) in [6.45, 7) is 0. The number of halogens is 4. The van der Waals surface area contributed by atoms with Gasteiger partial charge in [0, 0.05) is 62.3 Å². The van der Waals surface area contributed by atoms with Gasteiger partial charge >= 0.3 is 0 Å². The predicted octanol–water partition coefficient (Wildman–Crippen LogP) is 7.18. The molecule has 4 amide bonds. The van der Waals surface area contributed by atoms with Crippen molar-refractivity contribution in [1.82, 2.24) is 25.6 Å². The maximum Gasteiger partial charge on any atom is 0.253 e. The molecule has 0 bridgehead atoms. The van der Waals surface area contributed by atoms with Crippen molar-refractivity contribution in [2.24, 2.45) is 0 Å². The third-order valence-electron chi connectivity index (χ3n) is 10.2. The molecule has 1 aliphatic rings. The Labute approximate surface area is 341 Å².